The first-order valence-corrected chi connectivity index (χ1v) is 5.96. The van der Waals surface area contributed by atoms with Gasteiger partial charge >= 0.3 is 5.97 Å². The summed E-state index contributed by atoms with van der Waals surface area (Å²) in [6, 6.07) is 3.02. The fourth-order valence-electron chi connectivity index (χ4n) is 1.60. The second kappa shape index (κ2) is 6.96. The molecule has 0 saturated carbocycles. The van der Waals surface area contributed by atoms with Crippen molar-refractivity contribution in [1.29, 1.82) is 0 Å². The lowest BCUT2D eigenvalue weighted by atomic mass is 10.1. The average Bonchev–Trinajstić information content (AvgIpc) is 2.29. The van der Waals surface area contributed by atoms with E-state index in [4.69, 9.17) is 14.6 Å². The lowest BCUT2D eigenvalue weighted by Gasteiger charge is -2.14. The molecule has 0 fully saturated rings. The monoisotopic (exact) mass is 253 g/mol. The Kier molecular flexibility index (Phi) is 5.58. The zero-order valence-corrected chi connectivity index (χ0v) is 11.0. The third kappa shape index (κ3) is 4.33. The van der Waals surface area contributed by atoms with Gasteiger partial charge < -0.3 is 14.6 Å². The molecule has 1 unspecified atom stereocenters. The first-order valence-electron chi connectivity index (χ1n) is 5.96. The zero-order chi connectivity index (χ0) is 13.5. The molecule has 5 nitrogen and oxygen atoms in total. The molecule has 1 rings (SSSR count). The highest BCUT2D eigenvalue weighted by Gasteiger charge is 2.11. The van der Waals surface area contributed by atoms with Gasteiger partial charge in [-0.15, -0.1) is 0 Å². The molecule has 1 aromatic heterocycles. The van der Waals surface area contributed by atoms with Gasteiger partial charge in [0, 0.05) is 18.9 Å². The number of carboxylic acids is 1. The van der Waals surface area contributed by atoms with E-state index in [2.05, 4.69) is 4.98 Å². The van der Waals surface area contributed by atoms with Crippen LogP contribution in [0.4, 0.5) is 0 Å². The van der Waals surface area contributed by atoms with Crippen LogP contribution in [0.1, 0.15) is 36.3 Å². The summed E-state index contributed by atoms with van der Waals surface area (Å²) in [7, 11) is 1.59. The number of ether oxygens (including phenoxy) is 2. The summed E-state index contributed by atoms with van der Waals surface area (Å²) < 4.78 is 10.5. The number of aryl methyl sites for hydroxylation is 1. The van der Waals surface area contributed by atoms with Gasteiger partial charge in [-0.05, 0) is 19.4 Å². The Hall–Kier alpha value is -1.62. The average molecular weight is 253 g/mol. The summed E-state index contributed by atoms with van der Waals surface area (Å²) in [4.78, 5) is 15.3. The topological polar surface area (TPSA) is 68.7 Å². The maximum absolute atomic E-state index is 11.0. The molecule has 1 aromatic rings. The summed E-state index contributed by atoms with van der Waals surface area (Å²) in [5.41, 5.74) is 0.935. The lowest BCUT2D eigenvalue weighted by molar-refractivity contribution is 0.0693. The van der Waals surface area contributed by atoms with Crippen LogP contribution in [0.2, 0.25) is 0 Å². The molecule has 0 spiro atoms. The van der Waals surface area contributed by atoms with E-state index in [0.29, 0.717) is 12.5 Å². The van der Waals surface area contributed by atoms with Gasteiger partial charge in [0.25, 0.3) is 0 Å². The van der Waals surface area contributed by atoms with Crippen LogP contribution in [0.3, 0.4) is 0 Å². The molecule has 0 saturated heterocycles. The molecule has 1 N–H and O–H groups in total. The van der Waals surface area contributed by atoms with E-state index in [9.17, 15) is 4.79 Å². The van der Waals surface area contributed by atoms with Crippen molar-refractivity contribution in [2.75, 3.05) is 13.7 Å². The SMILES string of the molecule is CCCc1cc(C(=O)O)cc(OC(C)COC)n1. The quantitative estimate of drug-likeness (QED) is 0.806. The molecule has 5 heteroatoms. The second-order valence-corrected chi connectivity index (χ2v) is 4.12. The Labute approximate surface area is 107 Å². The molecule has 0 aliphatic rings. The molecule has 1 atom stereocenters. The van der Waals surface area contributed by atoms with Crippen LogP contribution in [0.15, 0.2) is 12.1 Å². The van der Waals surface area contributed by atoms with Gasteiger partial charge in [-0.3, -0.25) is 0 Å². The Morgan fingerprint density at radius 1 is 1.50 bits per heavy atom. The molecular weight excluding hydrogens is 234 g/mol. The largest absolute Gasteiger partial charge is 0.478 e. The molecule has 18 heavy (non-hydrogen) atoms. The molecule has 0 amide bonds. The van der Waals surface area contributed by atoms with E-state index in [1.165, 1.54) is 6.07 Å². The predicted octanol–water partition coefficient (Wildman–Crippen LogP) is 2.15. The summed E-state index contributed by atoms with van der Waals surface area (Å²) in [6.45, 7) is 4.30. The number of hydrogen-bond acceptors (Lipinski definition) is 4. The number of carboxylic acid groups (broad SMARTS) is 1. The molecule has 0 bridgehead atoms. The number of aromatic nitrogens is 1. The van der Waals surface area contributed by atoms with Crippen molar-refractivity contribution < 1.29 is 19.4 Å². The minimum atomic E-state index is -0.973. The Morgan fingerprint density at radius 3 is 2.78 bits per heavy atom. The second-order valence-electron chi connectivity index (χ2n) is 4.12. The third-order valence-electron chi connectivity index (χ3n) is 2.33. The van der Waals surface area contributed by atoms with Crippen LogP contribution in [0, 0.1) is 0 Å². The fourth-order valence-corrected chi connectivity index (χ4v) is 1.60. The molecule has 0 aliphatic heterocycles. The Morgan fingerprint density at radius 2 is 2.22 bits per heavy atom. The number of carbonyl (C=O) groups is 1. The normalized spacial score (nSPS) is 12.2. The van der Waals surface area contributed by atoms with Gasteiger partial charge in [0.05, 0.1) is 12.2 Å². The van der Waals surface area contributed by atoms with Crippen molar-refractivity contribution in [3.8, 4) is 5.88 Å². The highest BCUT2D eigenvalue weighted by Crippen LogP contribution is 2.15. The van der Waals surface area contributed by atoms with Crippen LogP contribution in [0.25, 0.3) is 0 Å². The number of methoxy groups -OCH3 is 1. The predicted molar refractivity (Wildman–Crippen MR) is 67.2 cm³/mol. The smallest absolute Gasteiger partial charge is 0.335 e. The van der Waals surface area contributed by atoms with Gasteiger partial charge in [0.2, 0.25) is 5.88 Å². The van der Waals surface area contributed by atoms with Crippen LogP contribution in [0.5, 0.6) is 5.88 Å². The van der Waals surface area contributed by atoms with Crippen molar-refractivity contribution in [3.63, 3.8) is 0 Å². The van der Waals surface area contributed by atoms with Crippen molar-refractivity contribution >= 4 is 5.97 Å². The van der Waals surface area contributed by atoms with E-state index >= 15 is 0 Å². The molecule has 0 aromatic carbocycles. The van der Waals surface area contributed by atoms with Gasteiger partial charge in [0.1, 0.15) is 6.10 Å². The van der Waals surface area contributed by atoms with Gasteiger partial charge in [0.15, 0.2) is 0 Å². The summed E-state index contributed by atoms with van der Waals surface area (Å²) in [5.74, 6) is -0.637. The first kappa shape index (κ1) is 14.4. The highest BCUT2D eigenvalue weighted by molar-refractivity contribution is 5.88. The number of pyridine rings is 1. The molecule has 0 radical (unpaired) electrons. The molecule has 1 heterocycles. The fraction of sp³-hybridized carbons (Fsp3) is 0.538. The number of aromatic carboxylic acids is 1. The van der Waals surface area contributed by atoms with Crippen molar-refractivity contribution in [1.82, 2.24) is 4.98 Å². The Bertz CT molecular complexity index is 406. The van der Waals surface area contributed by atoms with Crippen LogP contribution in [-0.4, -0.2) is 35.9 Å². The first-order chi connectivity index (χ1) is 8.56. The van der Waals surface area contributed by atoms with E-state index in [0.717, 1.165) is 18.5 Å². The molecular formula is C13H19NO4. The van der Waals surface area contributed by atoms with Crippen LogP contribution >= 0.6 is 0 Å². The number of nitrogens with zero attached hydrogens (tertiary/aromatic N) is 1. The maximum Gasteiger partial charge on any atom is 0.335 e. The van der Waals surface area contributed by atoms with Gasteiger partial charge in [-0.25, -0.2) is 9.78 Å². The van der Waals surface area contributed by atoms with E-state index in [-0.39, 0.29) is 11.7 Å². The lowest BCUT2D eigenvalue weighted by Crippen LogP contribution is -2.19. The van der Waals surface area contributed by atoms with E-state index in [1.54, 1.807) is 13.2 Å². The van der Waals surface area contributed by atoms with Crippen molar-refractivity contribution in [2.24, 2.45) is 0 Å². The van der Waals surface area contributed by atoms with Crippen LogP contribution in [-0.2, 0) is 11.2 Å². The highest BCUT2D eigenvalue weighted by atomic mass is 16.5. The van der Waals surface area contributed by atoms with Crippen molar-refractivity contribution in [3.05, 3.63) is 23.4 Å². The van der Waals surface area contributed by atoms with E-state index < -0.39 is 5.97 Å². The summed E-state index contributed by atoms with van der Waals surface area (Å²) in [5, 5.41) is 9.03. The Balaban J connectivity index is 2.91. The molecule has 100 valence electrons. The maximum atomic E-state index is 11.0. The zero-order valence-electron chi connectivity index (χ0n) is 11.0. The third-order valence-corrected chi connectivity index (χ3v) is 2.33. The number of rotatable bonds is 7. The van der Waals surface area contributed by atoms with Crippen LogP contribution < -0.4 is 4.74 Å². The molecule has 0 aliphatic carbocycles. The van der Waals surface area contributed by atoms with Crippen molar-refractivity contribution in [2.45, 2.75) is 32.8 Å². The minimum absolute atomic E-state index is 0.166. The van der Waals surface area contributed by atoms with Gasteiger partial charge in [-0.2, -0.15) is 0 Å². The van der Waals surface area contributed by atoms with Gasteiger partial charge in [-0.1, -0.05) is 13.3 Å². The van der Waals surface area contributed by atoms with E-state index in [1.807, 2.05) is 13.8 Å². The summed E-state index contributed by atoms with van der Waals surface area (Å²) in [6.07, 6.45) is 1.47. The summed E-state index contributed by atoms with van der Waals surface area (Å²) >= 11 is 0. The standard InChI is InChI=1S/C13H19NO4/c1-4-5-11-6-10(13(15)16)7-12(14-11)18-9(2)8-17-3/h6-7,9H,4-5,8H2,1-3H3,(H,15,16). The number of hydrogen-bond donors (Lipinski definition) is 1. The minimum Gasteiger partial charge on any atom is -0.478 e.